The minimum Gasteiger partial charge on any atom is -0.508 e. The zero-order valence-corrected chi connectivity index (χ0v) is 25.2. The summed E-state index contributed by atoms with van der Waals surface area (Å²) in [7, 11) is 0. The molecule has 0 bridgehead atoms. The van der Waals surface area contributed by atoms with E-state index in [9.17, 15) is 34.5 Å². The second kappa shape index (κ2) is 16.5. The van der Waals surface area contributed by atoms with Crippen molar-refractivity contribution in [1.82, 2.24) is 16.0 Å². The number of aliphatic hydroxyl groups is 1. The van der Waals surface area contributed by atoms with Crippen molar-refractivity contribution in [2.24, 2.45) is 11.1 Å². The number of carbonyl (C=O) groups excluding carboxylic acids is 4. The molecule has 12 nitrogen and oxygen atoms in total. The van der Waals surface area contributed by atoms with Crippen molar-refractivity contribution < 1.29 is 34.5 Å². The quantitative estimate of drug-likeness (QED) is 0.0762. The fourth-order valence-corrected chi connectivity index (χ4v) is 5.31. The van der Waals surface area contributed by atoms with E-state index in [1.807, 2.05) is 6.92 Å². The van der Waals surface area contributed by atoms with Crippen LogP contribution in [-0.2, 0) is 21.0 Å². The summed E-state index contributed by atoms with van der Waals surface area (Å²) < 4.78 is 0. The van der Waals surface area contributed by atoms with Gasteiger partial charge >= 0.3 is 6.03 Å². The van der Waals surface area contributed by atoms with Gasteiger partial charge in [-0.2, -0.15) is 0 Å². The number of primary amides is 1. The number of anilines is 1. The SMILES string of the molecule is CC(CCCCCNC(=O)C1(C(=O)NC(CCCNC(N)=O)C(=O)Nc2ccc(CO)cc2)CCC1)c1cc(O)ccc1O. The van der Waals surface area contributed by atoms with Gasteiger partial charge in [-0.15, -0.1) is 0 Å². The number of nitrogens with two attached hydrogens (primary N) is 1. The predicted molar refractivity (Wildman–Crippen MR) is 166 cm³/mol. The lowest BCUT2D eigenvalue weighted by Crippen LogP contribution is -2.58. The van der Waals surface area contributed by atoms with Crippen LogP contribution in [0.2, 0.25) is 0 Å². The summed E-state index contributed by atoms with van der Waals surface area (Å²) in [5.41, 5.74) is 5.76. The van der Waals surface area contributed by atoms with Gasteiger partial charge in [0.15, 0.2) is 0 Å². The first-order valence-corrected chi connectivity index (χ1v) is 15.2. The fourth-order valence-electron chi connectivity index (χ4n) is 5.31. The third kappa shape index (κ3) is 9.60. The summed E-state index contributed by atoms with van der Waals surface area (Å²) in [5, 5.41) is 39.9. The van der Waals surface area contributed by atoms with E-state index in [-0.39, 0.29) is 42.9 Å². The molecule has 2 atom stereocenters. The van der Waals surface area contributed by atoms with Crippen LogP contribution in [0.25, 0.3) is 0 Å². The number of amides is 5. The van der Waals surface area contributed by atoms with E-state index < -0.39 is 29.3 Å². The number of hydrogen-bond donors (Lipinski definition) is 8. The molecule has 0 aliphatic heterocycles. The first-order valence-electron chi connectivity index (χ1n) is 15.2. The number of phenolic OH excluding ortho intramolecular Hbond substituents is 2. The van der Waals surface area contributed by atoms with Crippen LogP contribution in [0.3, 0.4) is 0 Å². The lowest BCUT2D eigenvalue weighted by atomic mass is 9.67. The molecule has 44 heavy (non-hydrogen) atoms. The van der Waals surface area contributed by atoms with E-state index in [0.717, 1.165) is 32.1 Å². The number of phenols is 2. The van der Waals surface area contributed by atoms with Crippen LogP contribution >= 0.6 is 0 Å². The van der Waals surface area contributed by atoms with Crippen LogP contribution in [0.1, 0.15) is 81.8 Å². The maximum atomic E-state index is 13.5. The fraction of sp³-hybridized carbons (Fsp3) is 0.500. The summed E-state index contributed by atoms with van der Waals surface area (Å²) in [5.74, 6) is -0.979. The lowest BCUT2D eigenvalue weighted by Gasteiger charge is -2.39. The Kier molecular flexibility index (Phi) is 12.8. The van der Waals surface area contributed by atoms with E-state index in [4.69, 9.17) is 5.73 Å². The van der Waals surface area contributed by atoms with Crippen molar-refractivity contribution in [1.29, 1.82) is 0 Å². The molecule has 2 aromatic rings. The van der Waals surface area contributed by atoms with Crippen LogP contribution < -0.4 is 27.0 Å². The van der Waals surface area contributed by atoms with Crippen LogP contribution in [0.5, 0.6) is 11.5 Å². The molecule has 12 heteroatoms. The van der Waals surface area contributed by atoms with Crippen molar-refractivity contribution >= 4 is 29.4 Å². The summed E-state index contributed by atoms with van der Waals surface area (Å²) in [4.78, 5) is 50.9. The molecule has 2 unspecified atom stereocenters. The Morgan fingerprint density at radius 1 is 0.886 bits per heavy atom. The zero-order chi connectivity index (χ0) is 32.1. The van der Waals surface area contributed by atoms with Crippen molar-refractivity contribution in [2.75, 3.05) is 18.4 Å². The number of aliphatic hydroxyl groups excluding tert-OH is 1. The molecule has 5 amide bonds. The molecular formula is C32H45N5O7. The van der Waals surface area contributed by atoms with E-state index in [1.165, 1.54) is 12.1 Å². The Hall–Kier alpha value is -4.32. The second-order valence-corrected chi connectivity index (χ2v) is 11.5. The van der Waals surface area contributed by atoms with Gasteiger partial charge in [-0.1, -0.05) is 38.3 Å². The first kappa shape index (κ1) is 34.2. The molecule has 2 aromatic carbocycles. The molecule has 0 saturated heterocycles. The van der Waals surface area contributed by atoms with Crippen LogP contribution in [0, 0.1) is 5.41 Å². The van der Waals surface area contributed by atoms with Gasteiger partial charge in [-0.3, -0.25) is 14.4 Å². The van der Waals surface area contributed by atoms with Crippen molar-refractivity contribution in [3.05, 3.63) is 53.6 Å². The average Bonchev–Trinajstić information content (AvgIpc) is 2.97. The van der Waals surface area contributed by atoms with Gasteiger partial charge in [0, 0.05) is 24.3 Å². The van der Waals surface area contributed by atoms with E-state index in [2.05, 4.69) is 21.3 Å². The van der Waals surface area contributed by atoms with E-state index in [1.54, 1.807) is 30.3 Å². The highest BCUT2D eigenvalue weighted by molar-refractivity contribution is 6.07. The number of aromatic hydroxyl groups is 2. The van der Waals surface area contributed by atoms with E-state index in [0.29, 0.717) is 42.6 Å². The highest BCUT2D eigenvalue weighted by Crippen LogP contribution is 2.41. The molecular weight excluding hydrogens is 566 g/mol. The van der Waals surface area contributed by atoms with Gasteiger partial charge in [-0.25, -0.2) is 4.79 Å². The Morgan fingerprint density at radius 3 is 2.23 bits per heavy atom. The molecule has 0 spiro atoms. The molecule has 1 aliphatic rings. The smallest absolute Gasteiger partial charge is 0.312 e. The lowest BCUT2D eigenvalue weighted by molar-refractivity contribution is -0.150. The molecule has 9 N–H and O–H groups in total. The molecule has 0 heterocycles. The number of unbranched alkanes of at least 4 members (excludes halogenated alkanes) is 2. The monoisotopic (exact) mass is 611 g/mol. The van der Waals surface area contributed by atoms with Crippen molar-refractivity contribution in [2.45, 2.75) is 83.3 Å². The normalized spacial score (nSPS) is 14.9. The van der Waals surface area contributed by atoms with Gasteiger partial charge in [0.25, 0.3) is 0 Å². The Balaban J connectivity index is 1.51. The number of carbonyl (C=O) groups is 4. The van der Waals surface area contributed by atoms with Gasteiger partial charge in [-0.05, 0) is 80.3 Å². The molecule has 1 fully saturated rings. The highest BCUT2D eigenvalue weighted by atomic mass is 16.3. The molecule has 1 saturated carbocycles. The Bertz CT molecular complexity index is 1280. The largest absolute Gasteiger partial charge is 0.508 e. The van der Waals surface area contributed by atoms with E-state index >= 15 is 0 Å². The first-order chi connectivity index (χ1) is 21.1. The predicted octanol–water partition coefficient (Wildman–Crippen LogP) is 3.11. The standard InChI is InChI=1S/C32H45N5O7/c1-21(25-19-24(39)13-14-27(25)40)7-3-2-4-17-34-29(42)32(15-6-16-32)30(43)37-26(8-5-18-35-31(33)44)28(41)36-23-11-9-22(20-38)10-12-23/h9-14,19,21,26,38-40H,2-8,15-18,20H2,1H3,(H,34,42)(H,36,41)(H,37,43)(H3,33,35,44). The third-order valence-corrected chi connectivity index (χ3v) is 8.21. The molecule has 0 radical (unpaired) electrons. The highest BCUT2D eigenvalue weighted by Gasteiger charge is 2.51. The van der Waals surface area contributed by atoms with Gasteiger partial charge in [0.2, 0.25) is 17.7 Å². The molecule has 0 aromatic heterocycles. The number of rotatable bonds is 17. The summed E-state index contributed by atoms with van der Waals surface area (Å²) >= 11 is 0. The van der Waals surface area contributed by atoms with Gasteiger partial charge in [0.05, 0.1) is 6.61 Å². The van der Waals surface area contributed by atoms with Crippen molar-refractivity contribution in [3.63, 3.8) is 0 Å². The number of benzene rings is 2. The average molecular weight is 612 g/mol. The Labute approximate surface area is 257 Å². The summed E-state index contributed by atoms with van der Waals surface area (Å²) in [6, 6.07) is 9.51. The molecule has 240 valence electrons. The second-order valence-electron chi connectivity index (χ2n) is 11.5. The van der Waals surface area contributed by atoms with Gasteiger partial charge in [0.1, 0.15) is 23.0 Å². The topological polar surface area (TPSA) is 203 Å². The summed E-state index contributed by atoms with van der Waals surface area (Å²) in [6.45, 7) is 2.49. The maximum absolute atomic E-state index is 13.5. The third-order valence-electron chi connectivity index (χ3n) is 8.21. The Morgan fingerprint density at radius 2 is 1.59 bits per heavy atom. The van der Waals surface area contributed by atoms with Crippen LogP contribution in [-0.4, -0.2) is 58.2 Å². The minimum absolute atomic E-state index is 0.0651. The number of hydrogen-bond acceptors (Lipinski definition) is 7. The number of urea groups is 1. The van der Waals surface area contributed by atoms with Crippen LogP contribution in [0.4, 0.5) is 10.5 Å². The molecule has 3 rings (SSSR count). The maximum Gasteiger partial charge on any atom is 0.312 e. The molecule has 1 aliphatic carbocycles. The number of nitrogens with one attached hydrogen (secondary N) is 4. The van der Waals surface area contributed by atoms with Crippen LogP contribution in [0.15, 0.2) is 42.5 Å². The zero-order valence-electron chi connectivity index (χ0n) is 25.2. The van der Waals surface area contributed by atoms with Gasteiger partial charge < -0.3 is 42.3 Å². The minimum atomic E-state index is -1.24. The summed E-state index contributed by atoms with van der Waals surface area (Å²) in [6.07, 6.45) is 5.29. The van der Waals surface area contributed by atoms with Crippen molar-refractivity contribution in [3.8, 4) is 11.5 Å².